The van der Waals surface area contributed by atoms with Crippen LogP contribution in [0.4, 0.5) is 0 Å². The molecule has 0 nitrogen and oxygen atoms in total. The molecular weight excluding hydrogens is 144 g/mol. The molecule has 1 saturated carbocycles. The van der Waals surface area contributed by atoms with Crippen molar-refractivity contribution in [3.63, 3.8) is 0 Å². The fourth-order valence-electron chi connectivity index (χ4n) is 2.18. The van der Waals surface area contributed by atoms with Crippen molar-refractivity contribution >= 4 is 0 Å². The number of hydrogen-bond donors (Lipinski definition) is 0. The van der Waals surface area contributed by atoms with Crippen LogP contribution in [-0.4, -0.2) is 0 Å². The molecule has 0 aromatic carbocycles. The molecule has 0 spiro atoms. The first-order valence-corrected chi connectivity index (χ1v) is 5.50. The Morgan fingerprint density at radius 1 is 1.25 bits per heavy atom. The third-order valence-corrected chi connectivity index (χ3v) is 2.81. The highest BCUT2D eigenvalue weighted by Crippen LogP contribution is 2.26. The van der Waals surface area contributed by atoms with Crippen LogP contribution < -0.4 is 0 Å². The van der Waals surface area contributed by atoms with E-state index in [4.69, 9.17) is 0 Å². The highest BCUT2D eigenvalue weighted by atomic mass is 14.2. The Balaban J connectivity index is 2.31. The molecule has 0 aromatic heterocycles. The molecule has 0 bridgehead atoms. The Kier molecular flexibility index (Phi) is 4.42. The summed E-state index contributed by atoms with van der Waals surface area (Å²) in [5, 5.41) is 0. The summed E-state index contributed by atoms with van der Waals surface area (Å²) in [7, 11) is 0. The van der Waals surface area contributed by atoms with Crippen LogP contribution in [0, 0.1) is 5.92 Å². The first-order chi connectivity index (χ1) is 5.83. The van der Waals surface area contributed by atoms with Crippen LogP contribution in [0.1, 0.15) is 58.8 Å². The van der Waals surface area contributed by atoms with E-state index < -0.39 is 0 Å². The predicted octanol–water partition coefficient (Wildman–Crippen LogP) is 4.31. The Labute approximate surface area is 77.1 Å². The molecule has 0 radical (unpaired) electrons. The maximum absolute atomic E-state index is 2.53. The maximum atomic E-state index is 2.53. The summed E-state index contributed by atoms with van der Waals surface area (Å²) in [5.41, 5.74) is 1.62. The van der Waals surface area contributed by atoms with Gasteiger partial charge in [0.25, 0.3) is 0 Å². The lowest BCUT2D eigenvalue weighted by molar-refractivity contribution is 0.417. The minimum atomic E-state index is 0.922. The third-order valence-electron chi connectivity index (χ3n) is 2.81. The molecule has 0 N–H and O–H groups in total. The molecule has 0 unspecified atom stereocenters. The Morgan fingerprint density at radius 2 is 1.92 bits per heavy atom. The van der Waals surface area contributed by atoms with Crippen molar-refractivity contribution < 1.29 is 0 Å². The van der Waals surface area contributed by atoms with Gasteiger partial charge in [-0.1, -0.05) is 44.3 Å². The minimum Gasteiger partial charge on any atom is -0.0825 e. The molecule has 1 aliphatic rings. The highest BCUT2D eigenvalue weighted by Gasteiger charge is 2.10. The van der Waals surface area contributed by atoms with Crippen molar-refractivity contribution in [3.8, 4) is 0 Å². The summed E-state index contributed by atoms with van der Waals surface area (Å²) < 4.78 is 0. The molecule has 0 atom stereocenters. The molecular formula is C12H22. The van der Waals surface area contributed by atoms with E-state index in [1.54, 1.807) is 5.57 Å². The van der Waals surface area contributed by atoms with E-state index in [2.05, 4.69) is 19.9 Å². The van der Waals surface area contributed by atoms with Gasteiger partial charge in [0.1, 0.15) is 0 Å². The van der Waals surface area contributed by atoms with Crippen molar-refractivity contribution in [3.05, 3.63) is 11.6 Å². The Hall–Kier alpha value is -0.260. The molecule has 1 fully saturated rings. The van der Waals surface area contributed by atoms with Gasteiger partial charge >= 0.3 is 0 Å². The van der Waals surface area contributed by atoms with Crippen molar-refractivity contribution in [2.75, 3.05) is 0 Å². The number of allylic oxidation sites excluding steroid dienone is 2. The van der Waals surface area contributed by atoms with E-state index in [0.717, 1.165) is 5.92 Å². The topological polar surface area (TPSA) is 0 Å². The lowest BCUT2D eigenvalue weighted by atomic mass is 9.87. The van der Waals surface area contributed by atoms with Crippen LogP contribution in [0.3, 0.4) is 0 Å². The molecule has 0 heteroatoms. The van der Waals surface area contributed by atoms with E-state index in [0.29, 0.717) is 0 Å². The monoisotopic (exact) mass is 166 g/mol. The van der Waals surface area contributed by atoms with Gasteiger partial charge in [-0.05, 0) is 32.1 Å². The third kappa shape index (κ3) is 3.42. The number of rotatable bonds is 3. The van der Waals surface area contributed by atoms with Gasteiger partial charge in [0, 0.05) is 0 Å². The highest BCUT2D eigenvalue weighted by molar-refractivity contribution is 5.01. The quantitative estimate of drug-likeness (QED) is 0.548. The van der Waals surface area contributed by atoms with Crippen LogP contribution in [-0.2, 0) is 0 Å². The summed E-state index contributed by atoms with van der Waals surface area (Å²) >= 11 is 0. The van der Waals surface area contributed by atoms with E-state index in [1.807, 2.05) is 0 Å². The molecule has 12 heavy (non-hydrogen) atoms. The normalized spacial score (nSPS) is 21.3. The van der Waals surface area contributed by atoms with Gasteiger partial charge in [-0.25, -0.2) is 0 Å². The second-order valence-electron chi connectivity index (χ2n) is 4.16. The lowest BCUT2D eigenvalue weighted by Gasteiger charge is -2.18. The molecule has 0 aromatic rings. The van der Waals surface area contributed by atoms with Crippen molar-refractivity contribution in [2.24, 2.45) is 5.92 Å². The molecule has 1 aliphatic carbocycles. The van der Waals surface area contributed by atoms with Gasteiger partial charge in [0.05, 0.1) is 0 Å². The average Bonchev–Trinajstić information content (AvgIpc) is 2.06. The van der Waals surface area contributed by atoms with Crippen LogP contribution in [0.15, 0.2) is 11.6 Å². The molecule has 0 saturated heterocycles. The summed E-state index contributed by atoms with van der Waals surface area (Å²) in [6, 6.07) is 0. The molecule has 70 valence electrons. The zero-order valence-electron chi connectivity index (χ0n) is 8.60. The Morgan fingerprint density at radius 3 is 2.50 bits per heavy atom. The summed E-state index contributed by atoms with van der Waals surface area (Å²) in [6.07, 6.45) is 12.4. The first-order valence-electron chi connectivity index (χ1n) is 5.50. The van der Waals surface area contributed by atoms with Crippen LogP contribution in [0.2, 0.25) is 0 Å². The van der Waals surface area contributed by atoms with Gasteiger partial charge in [0.15, 0.2) is 0 Å². The lowest BCUT2D eigenvalue weighted by Crippen LogP contribution is -2.03. The van der Waals surface area contributed by atoms with Crippen LogP contribution >= 0.6 is 0 Å². The van der Waals surface area contributed by atoms with Gasteiger partial charge in [0.2, 0.25) is 0 Å². The Bertz CT molecular complexity index is 138. The molecule has 0 amide bonds. The predicted molar refractivity (Wildman–Crippen MR) is 55.2 cm³/mol. The summed E-state index contributed by atoms with van der Waals surface area (Å²) in [6.45, 7) is 4.55. The summed E-state index contributed by atoms with van der Waals surface area (Å²) in [4.78, 5) is 0. The smallest absolute Gasteiger partial charge is 0.0231 e. The van der Waals surface area contributed by atoms with Gasteiger partial charge in [-0.3, -0.25) is 0 Å². The van der Waals surface area contributed by atoms with Crippen molar-refractivity contribution in [2.45, 2.75) is 58.8 Å². The largest absolute Gasteiger partial charge is 0.0825 e. The average molecular weight is 166 g/mol. The van der Waals surface area contributed by atoms with Gasteiger partial charge in [-0.15, -0.1) is 0 Å². The molecule has 0 heterocycles. The second-order valence-corrected chi connectivity index (χ2v) is 4.16. The number of hydrogen-bond acceptors (Lipinski definition) is 0. The van der Waals surface area contributed by atoms with Gasteiger partial charge in [-0.2, -0.15) is 0 Å². The minimum absolute atomic E-state index is 0.922. The fraction of sp³-hybridized carbons (Fsp3) is 0.833. The van der Waals surface area contributed by atoms with E-state index in [-0.39, 0.29) is 0 Å². The van der Waals surface area contributed by atoms with E-state index in [9.17, 15) is 0 Å². The van der Waals surface area contributed by atoms with Crippen molar-refractivity contribution in [1.82, 2.24) is 0 Å². The second kappa shape index (κ2) is 5.40. The van der Waals surface area contributed by atoms with E-state index >= 15 is 0 Å². The molecule has 1 rings (SSSR count). The first kappa shape index (κ1) is 9.83. The van der Waals surface area contributed by atoms with E-state index in [1.165, 1.54) is 44.9 Å². The van der Waals surface area contributed by atoms with Crippen LogP contribution in [0.5, 0.6) is 0 Å². The maximum Gasteiger partial charge on any atom is -0.0231 e. The SMILES string of the molecule is CCC/C(C)=C/C1CCCCC1. The zero-order chi connectivity index (χ0) is 8.81. The zero-order valence-corrected chi connectivity index (χ0v) is 8.60. The molecule has 0 aliphatic heterocycles. The summed E-state index contributed by atoms with van der Waals surface area (Å²) in [5.74, 6) is 0.922. The van der Waals surface area contributed by atoms with Gasteiger partial charge < -0.3 is 0 Å². The van der Waals surface area contributed by atoms with Crippen LogP contribution in [0.25, 0.3) is 0 Å². The standard InChI is InChI=1S/C12H22/c1-3-7-11(2)10-12-8-5-4-6-9-12/h10,12H,3-9H2,1-2H3/b11-10+. The fourth-order valence-corrected chi connectivity index (χ4v) is 2.18. The van der Waals surface area contributed by atoms with Crippen molar-refractivity contribution in [1.29, 1.82) is 0 Å².